The van der Waals surface area contributed by atoms with Crippen molar-refractivity contribution in [3.8, 4) is 11.5 Å². The smallest absolute Gasteiger partial charge is 0.304 e. The summed E-state index contributed by atoms with van der Waals surface area (Å²) in [5.41, 5.74) is 1.06. The number of aliphatic carboxylic acids is 1. The highest BCUT2D eigenvalue weighted by molar-refractivity contribution is 5.66. The quantitative estimate of drug-likeness (QED) is 0.813. The molecule has 1 aromatic rings. The van der Waals surface area contributed by atoms with Crippen LogP contribution in [0.3, 0.4) is 0 Å². The number of carboxylic acids is 1. The fourth-order valence-electron chi connectivity index (χ4n) is 1.70. The number of rotatable bonds is 5. The highest BCUT2D eigenvalue weighted by Crippen LogP contribution is 2.33. The van der Waals surface area contributed by atoms with Gasteiger partial charge in [0.1, 0.15) is 0 Å². The van der Waals surface area contributed by atoms with Gasteiger partial charge in [-0.3, -0.25) is 4.79 Å². The average molecular weight is 237 g/mol. The Morgan fingerprint density at radius 3 is 3.00 bits per heavy atom. The molecule has 1 aromatic carbocycles. The number of nitrogens with one attached hydrogen (secondary N) is 1. The van der Waals surface area contributed by atoms with Crippen molar-refractivity contribution in [2.75, 3.05) is 13.3 Å². The fraction of sp³-hybridized carbons (Fsp3) is 0.417. The van der Waals surface area contributed by atoms with Crippen LogP contribution in [0.4, 0.5) is 0 Å². The van der Waals surface area contributed by atoms with Crippen LogP contribution in [0.5, 0.6) is 11.5 Å². The molecule has 0 spiro atoms. The summed E-state index contributed by atoms with van der Waals surface area (Å²) in [6.45, 7) is 2.70. The first-order valence-electron chi connectivity index (χ1n) is 5.51. The SMILES string of the molecule is CC(NCCC(=O)O)c1ccc2c(c1)OCO2. The number of carbonyl (C=O) groups is 1. The Bertz CT molecular complexity index is 419. The Balaban J connectivity index is 1.95. The van der Waals surface area contributed by atoms with Crippen molar-refractivity contribution in [2.24, 2.45) is 0 Å². The van der Waals surface area contributed by atoms with E-state index in [0.717, 1.165) is 17.1 Å². The maximum absolute atomic E-state index is 10.4. The van der Waals surface area contributed by atoms with E-state index in [1.807, 2.05) is 25.1 Å². The summed E-state index contributed by atoms with van der Waals surface area (Å²) in [6, 6.07) is 5.82. The van der Waals surface area contributed by atoms with E-state index in [4.69, 9.17) is 14.6 Å². The molecule has 1 aliphatic rings. The van der Waals surface area contributed by atoms with Gasteiger partial charge in [0.05, 0.1) is 6.42 Å². The molecule has 5 heteroatoms. The summed E-state index contributed by atoms with van der Waals surface area (Å²) >= 11 is 0. The van der Waals surface area contributed by atoms with Crippen LogP contribution in [-0.4, -0.2) is 24.4 Å². The maximum Gasteiger partial charge on any atom is 0.304 e. The molecule has 0 radical (unpaired) electrons. The molecule has 1 aliphatic heterocycles. The molecule has 0 saturated carbocycles. The molecule has 0 fully saturated rings. The zero-order valence-electron chi connectivity index (χ0n) is 9.60. The second kappa shape index (κ2) is 5.05. The van der Waals surface area contributed by atoms with Crippen LogP contribution >= 0.6 is 0 Å². The van der Waals surface area contributed by atoms with Crippen molar-refractivity contribution in [1.29, 1.82) is 0 Å². The van der Waals surface area contributed by atoms with Crippen molar-refractivity contribution >= 4 is 5.97 Å². The molecular weight excluding hydrogens is 222 g/mol. The van der Waals surface area contributed by atoms with Crippen LogP contribution < -0.4 is 14.8 Å². The van der Waals surface area contributed by atoms with Crippen molar-refractivity contribution < 1.29 is 19.4 Å². The van der Waals surface area contributed by atoms with E-state index in [0.29, 0.717) is 6.54 Å². The molecule has 1 atom stereocenters. The van der Waals surface area contributed by atoms with Gasteiger partial charge in [0.25, 0.3) is 0 Å². The van der Waals surface area contributed by atoms with Crippen LogP contribution in [-0.2, 0) is 4.79 Å². The van der Waals surface area contributed by atoms with Crippen LogP contribution in [0, 0.1) is 0 Å². The third-order valence-corrected chi connectivity index (χ3v) is 2.69. The summed E-state index contributed by atoms with van der Waals surface area (Å²) in [6.07, 6.45) is 0.120. The molecule has 1 heterocycles. The van der Waals surface area contributed by atoms with Gasteiger partial charge in [-0.1, -0.05) is 6.07 Å². The molecule has 2 N–H and O–H groups in total. The first kappa shape index (κ1) is 11.7. The molecule has 0 amide bonds. The highest BCUT2D eigenvalue weighted by atomic mass is 16.7. The van der Waals surface area contributed by atoms with E-state index in [1.54, 1.807) is 0 Å². The monoisotopic (exact) mass is 237 g/mol. The first-order chi connectivity index (χ1) is 8.16. The van der Waals surface area contributed by atoms with E-state index in [9.17, 15) is 4.79 Å². The normalized spacial score (nSPS) is 14.6. The first-order valence-corrected chi connectivity index (χ1v) is 5.51. The second-order valence-electron chi connectivity index (χ2n) is 3.93. The predicted molar refractivity (Wildman–Crippen MR) is 61.2 cm³/mol. The van der Waals surface area contributed by atoms with E-state index < -0.39 is 5.97 Å². The van der Waals surface area contributed by atoms with Crippen molar-refractivity contribution in [1.82, 2.24) is 5.32 Å². The maximum atomic E-state index is 10.4. The number of ether oxygens (including phenoxy) is 2. The van der Waals surface area contributed by atoms with Crippen LogP contribution in [0.25, 0.3) is 0 Å². The molecule has 0 bridgehead atoms. The van der Waals surface area contributed by atoms with Gasteiger partial charge in [-0.2, -0.15) is 0 Å². The topological polar surface area (TPSA) is 67.8 Å². The number of fused-ring (bicyclic) bond motifs is 1. The molecule has 5 nitrogen and oxygen atoms in total. The Morgan fingerprint density at radius 2 is 2.24 bits per heavy atom. The van der Waals surface area contributed by atoms with Gasteiger partial charge in [-0.25, -0.2) is 0 Å². The zero-order chi connectivity index (χ0) is 12.3. The van der Waals surface area contributed by atoms with E-state index in [1.165, 1.54) is 0 Å². The summed E-state index contributed by atoms with van der Waals surface area (Å²) in [4.78, 5) is 10.4. The molecular formula is C12H15NO4. The number of hydrogen-bond acceptors (Lipinski definition) is 4. The fourth-order valence-corrected chi connectivity index (χ4v) is 1.70. The Morgan fingerprint density at radius 1 is 1.47 bits per heavy atom. The molecule has 17 heavy (non-hydrogen) atoms. The summed E-state index contributed by atoms with van der Waals surface area (Å²) in [5.74, 6) is 0.705. The van der Waals surface area contributed by atoms with Gasteiger partial charge in [-0.15, -0.1) is 0 Å². The molecule has 2 rings (SSSR count). The standard InChI is InChI=1S/C12H15NO4/c1-8(13-5-4-12(14)15)9-2-3-10-11(6-9)17-7-16-10/h2-3,6,8,13H,4-5,7H2,1H3,(H,14,15). The third kappa shape index (κ3) is 2.88. The second-order valence-corrected chi connectivity index (χ2v) is 3.93. The van der Waals surface area contributed by atoms with Crippen molar-refractivity contribution in [3.05, 3.63) is 23.8 Å². The van der Waals surface area contributed by atoms with E-state index in [-0.39, 0.29) is 19.3 Å². The summed E-state index contributed by atoms with van der Waals surface area (Å²) < 4.78 is 10.5. The third-order valence-electron chi connectivity index (χ3n) is 2.69. The minimum atomic E-state index is -0.796. The Hall–Kier alpha value is -1.75. The van der Waals surface area contributed by atoms with Crippen LogP contribution in [0.15, 0.2) is 18.2 Å². The average Bonchev–Trinajstić information content (AvgIpc) is 2.75. The van der Waals surface area contributed by atoms with Crippen LogP contribution in [0.2, 0.25) is 0 Å². The zero-order valence-corrected chi connectivity index (χ0v) is 9.60. The lowest BCUT2D eigenvalue weighted by atomic mass is 10.1. The predicted octanol–water partition coefficient (Wildman–Crippen LogP) is 1.54. The van der Waals surface area contributed by atoms with Gasteiger partial charge in [0.15, 0.2) is 11.5 Å². The molecule has 0 aromatic heterocycles. The number of carboxylic acid groups (broad SMARTS) is 1. The lowest BCUT2D eigenvalue weighted by Crippen LogP contribution is -2.21. The number of benzene rings is 1. The van der Waals surface area contributed by atoms with Gasteiger partial charge < -0.3 is 19.9 Å². The lowest BCUT2D eigenvalue weighted by Gasteiger charge is -2.13. The van der Waals surface area contributed by atoms with Crippen molar-refractivity contribution in [3.63, 3.8) is 0 Å². The van der Waals surface area contributed by atoms with Gasteiger partial charge in [-0.05, 0) is 24.6 Å². The van der Waals surface area contributed by atoms with E-state index in [2.05, 4.69) is 5.32 Å². The Kier molecular flexibility index (Phi) is 3.49. The van der Waals surface area contributed by atoms with Crippen molar-refractivity contribution in [2.45, 2.75) is 19.4 Å². The van der Waals surface area contributed by atoms with Gasteiger partial charge in [0.2, 0.25) is 6.79 Å². The molecule has 0 saturated heterocycles. The van der Waals surface area contributed by atoms with Gasteiger partial charge >= 0.3 is 5.97 Å². The van der Waals surface area contributed by atoms with Crippen LogP contribution in [0.1, 0.15) is 24.9 Å². The molecule has 92 valence electrons. The molecule has 1 unspecified atom stereocenters. The number of hydrogen-bond donors (Lipinski definition) is 2. The highest BCUT2D eigenvalue weighted by Gasteiger charge is 2.15. The summed E-state index contributed by atoms with van der Waals surface area (Å²) in [5, 5.41) is 11.7. The molecule has 0 aliphatic carbocycles. The summed E-state index contributed by atoms with van der Waals surface area (Å²) in [7, 11) is 0. The Labute approximate surface area is 99.3 Å². The van der Waals surface area contributed by atoms with E-state index >= 15 is 0 Å². The van der Waals surface area contributed by atoms with Gasteiger partial charge in [0, 0.05) is 12.6 Å². The minimum absolute atomic E-state index is 0.0869. The minimum Gasteiger partial charge on any atom is -0.481 e. The lowest BCUT2D eigenvalue weighted by molar-refractivity contribution is -0.136. The largest absolute Gasteiger partial charge is 0.481 e.